The van der Waals surface area contributed by atoms with Gasteiger partial charge in [0, 0.05) is 19.3 Å². The summed E-state index contributed by atoms with van der Waals surface area (Å²) in [5.41, 5.74) is -1.30. The lowest BCUT2D eigenvalue weighted by Crippen LogP contribution is -2.61. The number of carbonyl (C=O) groups is 2. The van der Waals surface area contributed by atoms with Gasteiger partial charge in [-0.15, -0.1) is 0 Å². The molecule has 1 aliphatic carbocycles. The minimum atomic E-state index is -1.70. The topological polar surface area (TPSA) is 181 Å². The van der Waals surface area contributed by atoms with Gasteiger partial charge in [0.15, 0.2) is 6.29 Å². The van der Waals surface area contributed by atoms with E-state index in [9.17, 15) is 35.1 Å². The first kappa shape index (κ1) is 23.9. The second-order valence-corrected chi connectivity index (χ2v) is 8.13. The second-order valence-electron chi connectivity index (χ2n) is 8.13. The van der Waals surface area contributed by atoms with Gasteiger partial charge in [-0.2, -0.15) is 0 Å². The summed E-state index contributed by atoms with van der Waals surface area (Å²) in [6, 6.07) is 0. The van der Waals surface area contributed by atoms with Crippen LogP contribution in [0.4, 0.5) is 0 Å². The Hall–Kier alpha value is -1.80. The third kappa shape index (κ3) is 4.29. The van der Waals surface area contributed by atoms with Crippen LogP contribution in [0.3, 0.4) is 0 Å². The van der Waals surface area contributed by atoms with Crippen LogP contribution in [-0.4, -0.2) is 99.9 Å². The predicted octanol–water partition coefficient (Wildman–Crippen LogP) is -2.47. The van der Waals surface area contributed by atoms with Gasteiger partial charge in [0.25, 0.3) is 0 Å². The van der Waals surface area contributed by atoms with Crippen LogP contribution in [0.25, 0.3) is 0 Å². The van der Waals surface area contributed by atoms with Crippen molar-refractivity contribution in [2.75, 3.05) is 13.7 Å². The zero-order valence-corrected chi connectivity index (χ0v) is 17.3. The zero-order chi connectivity index (χ0) is 23.1. The second kappa shape index (κ2) is 8.98. The summed E-state index contributed by atoms with van der Waals surface area (Å²) in [7, 11) is 1.17. The van der Waals surface area contributed by atoms with Crippen molar-refractivity contribution in [3.8, 4) is 0 Å². The molecule has 2 fully saturated rings. The molecule has 0 unspecified atom stereocenters. The molecule has 3 rings (SSSR count). The summed E-state index contributed by atoms with van der Waals surface area (Å²) in [6.45, 7) is 2.09. The lowest BCUT2D eigenvalue weighted by atomic mass is 9.80. The summed E-state index contributed by atoms with van der Waals surface area (Å²) in [4.78, 5) is 23.9. The molecule has 3 aliphatic rings. The smallest absolute Gasteiger partial charge is 0.337 e. The molecule has 176 valence electrons. The molecule has 2 aliphatic heterocycles. The van der Waals surface area contributed by atoms with E-state index in [4.69, 9.17) is 23.7 Å². The first-order valence-corrected chi connectivity index (χ1v) is 9.81. The lowest BCUT2D eigenvalue weighted by Gasteiger charge is -2.44. The van der Waals surface area contributed by atoms with Crippen molar-refractivity contribution in [3.63, 3.8) is 0 Å². The summed E-state index contributed by atoms with van der Waals surface area (Å²) in [5.74, 6) is -3.18. The normalized spacial score (nSPS) is 44.6. The van der Waals surface area contributed by atoms with Gasteiger partial charge in [0.05, 0.1) is 37.6 Å². The number of aliphatic hydroxyl groups excluding tert-OH is 5. The van der Waals surface area contributed by atoms with Crippen molar-refractivity contribution >= 4 is 11.9 Å². The van der Waals surface area contributed by atoms with E-state index in [-0.39, 0.29) is 12.0 Å². The van der Waals surface area contributed by atoms with E-state index in [2.05, 4.69) is 0 Å². The number of ether oxygens (including phenoxy) is 5. The first-order valence-electron chi connectivity index (χ1n) is 9.81. The molecule has 1 saturated carbocycles. The molecule has 0 amide bonds. The monoisotopic (exact) mass is 448 g/mol. The summed E-state index contributed by atoms with van der Waals surface area (Å²) in [5, 5.41) is 50.3. The average molecular weight is 448 g/mol. The highest BCUT2D eigenvalue weighted by atomic mass is 16.8. The van der Waals surface area contributed by atoms with Crippen molar-refractivity contribution < 1.29 is 58.8 Å². The van der Waals surface area contributed by atoms with E-state index in [0.717, 1.165) is 6.26 Å². The molecular formula is C19H28O12. The molecule has 0 aromatic heterocycles. The van der Waals surface area contributed by atoms with E-state index >= 15 is 0 Å². The van der Waals surface area contributed by atoms with Crippen LogP contribution in [0.5, 0.6) is 0 Å². The summed E-state index contributed by atoms with van der Waals surface area (Å²) < 4.78 is 26.8. The molecule has 0 spiro atoms. The standard InChI is InChI=1S/C19H28O12/c1-7(21)31-19(2)4-9(22)11-8(16(26)27-3)6-28-17(12(11)19)30-18-15(25)14(24)13(23)10(5-20)29-18/h6,9-15,17-18,20,22-25H,4-5H2,1-3H3/t9-,10-,11+,12+,13+,14+,15+,17-,18+,19-/m0/s1. The Balaban J connectivity index is 1.93. The van der Waals surface area contributed by atoms with Gasteiger partial charge >= 0.3 is 11.9 Å². The molecule has 12 heteroatoms. The molecule has 5 N–H and O–H groups in total. The molecule has 1 saturated heterocycles. The van der Waals surface area contributed by atoms with Gasteiger partial charge in [-0.05, 0) is 6.92 Å². The minimum absolute atomic E-state index is 0.0181. The molecule has 2 heterocycles. The van der Waals surface area contributed by atoms with Crippen LogP contribution >= 0.6 is 0 Å². The average Bonchev–Trinajstić information content (AvgIpc) is 2.98. The highest BCUT2D eigenvalue weighted by Crippen LogP contribution is 2.51. The molecule has 12 nitrogen and oxygen atoms in total. The minimum Gasteiger partial charge on any atom is -0.471 e. The van der Waals surface area contributed by atoms with Crippen LogP contribution in [0.15, 0.2) is 11.8 Å². The Kier molecular flexibility index (Phi) is 6.91. The van der Waals surface area contributed by atoms with Gasteiger partial charge in [-0.25, -0.2) is 4.79 Å². The highest BCUT2D eigenvalue weighted by Gasteiger charge is 2.61. The number of esters is 2. The molecule has 10 atom stereocenters. The molecular weight excluding hydrogens is 420 g/mol. The van der Waals surface area contributed by atoms with Crippen molar-refractivity contribution in [2.45, 2.75) is 69.0 Å². The van der Waals surface area contributed by atoms with Crippen molar-refractivity contribution in [1.82, 2.24) is 0 Å². The quantitative estimate of drug-likeness (QED) is 0.280. The molecule has 0 bridgehead atoms. The van der Waals surface area contributed by atoms with E-state index in [1.54, 1.807) is 6.92 Å². The summed E-state index contributed by atoms with van der Waals surface area (Å²) >= 11 is 0. The Bertz CT molecular complexity index is 723. The summed E-state index contributed by atoms with van der Waals surface area (Å²) in [6.07, 6.45) is -9.07. The third-order valence-corrected chi connectivity index (χ3v) is 6.02. The van der Waals surface area contributed by atoms with Crippen molar-refractivity contribution in [1.29, 1.82) is 0 Å². The van der Waals surface area contributed by atoms with Gasteiger partial charge in [-0.3, -0.25) is 4.79 Å². The molecule has 0 aromatic rings. The largest absolute Gasteiger partial charge is 0.471 e. The maximum absolute atomic E-state index is 12.2. The number of hydrogen-bond donors (Lipinski definition) is 5. The van der Waals surface area contributed by atoms with E-state index in [0.29, 0.717) is 0 Å². The van der Waals surface area contributed by atoms with Crippen LogP contribution in [-0.2, 0) is 33.3 Å². The SMILES string of the molecule is COC(=O)C1=CO[C@@H](O[C@H]2O[C@@H](CO)[C@@H](O)[C@@H](O)[C@H]2O)[C@H]2[C@H]1[C@@H](O)C[C@]2(C)OC(C)=O. The van der Waals surface area contributed by atoms with Crippen LogP contribution in [0.1, 0.15) is 20.3 Å². The number of methoxy groups -OCH3 is 1. The third-order valence-electron chi connectivity index (χ3n) is 6.02. The lowest BCUT2D eigenvalue weighted by molar-refractivity contribution is -0.346. The van der Waals surface area contributed by atoms with E-state index < -0.39 is 79.1 Å². The van der Waals surface area contributed by atoms with Gasteiger partial charge in [0.2, 0.25) is 6.29 Å². The fourth-order valence-corrected chi connectivity index (χ4v) is 4.63. The first-order chi connectivity index (χ1) is 14.5. The molecule has 31 heavy (non-hydrogen) atoms. The number of hydrogen-bond acceptors (Lipinski definition) is 12. The molecule has 0 aromatic carbocycles. The fraction of sp³-hybridized carbons (Fsp3) is 0.789. The number of fused-ring (bicyclic) bond motifs is 1. The Morgan fingerprint density at radius 3 is 2.42 bits per heavy atom. The number of rotatable bonds is 5. The van der Waals surface area contributed by atoms with E-state index in [1.807, 2.05) is 0 Å². The van der Waals surface area contributed by atoms with Crippen molar-refractivity contribution in [3.05, 3.63) is 11.8 Å². The highest BCUT2D eigenvalue weighted by molar-refractivity contribution is 5.89. The maximum atomic E-state index is 12.2. The van der Waals surface area contributed by atoms with Gasteiger partial charge < -0.3 is 49.2 Å². The van der Waals surface area contributed by atoms with Crippen LogP contribution in [0.2, 0.25) is 0 Å². The maximum Gasteiger partial charge on any atom is 0.337 e. The number of aliphatic hydroxyl groups is 5. The Labute approximate surface area is 177 Å². The Morgan fingerprint density at radius 1 is 1.16 bits per heavy atom. The van der Waals surface area contributed by atoms with Gasteiger partial charge in [0.1, 0.15) is 30.0 Å². The van der Waals surface area contributed by atoms with Crippen molar-refractivity contribution in [2.24, 2.45) is 11.8 Å². The van der Waals surface area contributed by atoms with Crippen LogP contribution in [0, 0.1) is 11.8 Å². The van der Waals surface area contributed by atoms with E-state index in [1.165, 1.54) is 14.0 Å². The predicted molar refractivity (Wildman–Crippen MR) is 97.6 cm³/mol. The zero-order valence-electron chi connectivity index (χ0n) is 17.3. The molecule has 0 radical (unpaired) electrons. The fourth-order valence-electron chi connectivity index (χ4n) is 4.63. The van der Waals surface area contributed by atoms with Gasteiger partial charge in [-0.1, -0.05) is 0 Å². The number of carbonyl (C=O) groups excluding carboxylic acids is 2. The Morgan fingerprint density at radius 2 is 1.84 bits per heavy atom. The van der Waals surface area contributed by atoms with Crippen LogP contribution < -0.4 is 0 Å².